The fraction of sp³-hybridized carbons (Fsp3) is 0.296. The largest absolute Gasteiger partial charge is 0.398 e. The molecule has 2 aliphatic rings. The summed E-state index contributed by atoms with van der Waals surface area (Å²) in [6.07, 6.45) is 1.71. The first-order chi connectivity index (χ1) is 16.4. The predicted octanol–water partition coefficient (Wildman–Crippen LogP) is 5.33. The van der Waals surface area contributed by atoms with E-state index in [1.165, 1.54) is 5.56 Å². The standard InChI is InChI=1S/C27H30N6O.HI.2H2/c1-3-32-15-22(18-7-5-4-6-8-18)25(16-32)33-14-20-12-21(23(28)13-24(20)31-27(33)34)26(29)19-9-10-30-17(2)11-19;;;/h4-13,22,25,29H,3,14-16,28H2,1-2H3,(H,31,34);3*1H/t22-,25+;;;/m0.../s1. The number of benzene rings is 2. The average molecular weight is 587 g/mol. The molecule has 0 bridgehead atoms. The minimum atomic E-state index is -0.0941. The molecule has 0 unspecified atom stereocenters. The van der Waals surface area contributed by atoms with Crippen molar-refractivity contribution in [3.8, 4) is 0 Å². The molecule has 3 heterocycles. The Balaban J connectivity index is 0.00000160. The van der Waals surface area contributed by atoms with E-state index in [4.69, 9.17) is 11.1 Å². The predicted molar refractivity (Wildman–Crippen MR) is 155 cm³/mol. The molecule has 1 aromatic heterocycles. The molecule has 2 aliphatic heterocycles. The molecule has 2 aromatic carbocycles. The van der Waals surface area contributed by atoms with Crippen molar-refractivity contribution in [3.05, 3.63) is 88.7 Å². The van der Waals surface area contributed by atoms with Gasteiger partial charge < -0.3 is 20.9 Å². The smallest absolute Gasteiger partial charge is 0.322 e. The minimum absolute atomic E-state index is 0. The third kappa shape index (κ3) is 4.90. The second-order valence-electron chi connectivity index (χ2n) is 9.15. The number of rotatable bonds is 5. The van der Waals surface area contributed by atoms with Crippen LogP contribution in [0, 0.1) is 12.3 Å². The normalized spacial score (nSPS) is 19.6. The Morgan fingerprint density at radius 3 is 2.69 bits per heavy atom. The Morgan fingerprint density at radius 1 is 1.20 bits per heavy atom. The summed E-state index contributed by atoms with van der Waals surface area (Å²) in [7, 11) is 0. The Bertz CT molecular complexity index is 1260. The Morgan fingerprint density at radius 2 is 1.97 bits per heavy atom. The van der Waals surface area contributed by atoms with Gasteiger partial charge in [0.15, 0.2) is 0 Å². The molecule has 1 saturated heterocycles. The van der Waals surface area contributed by atoms with Crippen molar-refractivity contribution >= 4 is 47.1 Å². The van der Waals surface area contributed by atoms with E-state index in [1.807, 2.05) is 36.1 Å². The van der Waals surface area contributed by atoms with Crippen LogP contribution in [0.25, 0.3) is 0 Å². The van der Waals surface area contributed by atoms with Crippen LogP contribution in [0.3, 0.4) is 0 Å². The Hall–Kier alpha value is -2.98. The zero-order valence-electron chi connectivity index (χ0n) is 20.0. The monoisotopic (exact) mass is 586 g/mol. The van der Waals surface area contributed by atoms with E-state index in [2.05, 4.69) is 46.4 Å². The van der Waals surface area contributed by atoms with Crippen LogP contribution in [0.5, 0.6) is 0 Å². The Kier molecular flexibility index (Phi) is 7.42. The lowest BCUT2D eigenvalue weighted by atomic mass is 9.92. The molecule has 8 heteroatoms. The van der Waals surface area contributed by atoms with E-state index in [9.17, 15) is 4.79 Å². The van der Waals surface area contributed by atoms with Gasteiger partial charge in [0.1, 0.15) is 0 Å². The number of nitrogen functional groups attached to an aromatic ring is 1. The van der Waals surface area contributed by atoms with Crippen LogP contribution >= 0.6 is 24.0 Å². The van der Waals surface area contributed by atoms with Gasteiger partial charge in [-0.15, -0.1) is 24.0 Å². The van der Waals surface area contributed by atoms with Crippen LogP contribution in [-0.2, 0) is 6.54 Å². The van der Waals surface area contributed by atoms with E-state index in [1.54, 1.807) is 12.3 Å². The maximum atomic E-state index is 13.2. The zero-order chi connectivity index (χ0) is 23.8. The quantitative estimate of drug-likeness (QED) is 0.214. The van der Waals surface area contributed by atoms with Crippen LogP contribution in [0.15, 0.2) is 60.8 Å². The molecule has 7 nitrogen and oxygen atoms in total. The number of fused-ring (bicyclic) bond motifs is 1. The number of carbonyl (C=O) groups is 1. The van der Waals surface area contributed by atoms with Crippen LogP contribution in [0.4, 0.5) is 16.2 Å². The number of halogens is 1. The third-order valence-corrected chi connectivity index (χ3v) is 7.01. The molecule has 0 aliphatic carbocycles. The van der Waals surface area contributed by atoms with Crippen LogP contribution < -0.4 is 11.1 Å². The molecule has 0 saturated carbocycles. The summed E-state index contributed by atoms with van der Waals surface area (Å²) < 4.78 is 0. The van der Waals surface area contributed by atoms with Crippen molar-refractivity contribution in [1.29, 1.82) is 5.41 Å². The lowest BCUT2D eigenvalue weighted by Crippen LogP contribution is -2.48. The number of nitrogens with one attached hydrogen (secondary N) is 2. The van der Waals surface area contributed by atoms with Gasteiger partial charge in [0.25, 0.3) is 0 Å². The highest BCUT2D eigenvalue weighted by Gasteiger charge is 2.40. The number of urea groups is 1. The highest BCUT2D eigenvalue weighted by molar-refractivity contribution is 14.0. The lowest BCUT2D eigenvalue weighted by Gasteiger charge is -2.37. The van der Waals surface area contributed by atoms with Gasteiger partial charge in [0.2, 0.25) is 0 Å². The molecule has 4 N–H and O–H groups in total. The van der Waals surface area contributed by atoms with Crippen molar-refractivity contribution in [2.75, 3.05) is 30.7 Å². The first-order valence-corrected chi connectivity index (χ1v) is 11.7. The van der Waals surface area contributed by atoms with E-state index in [0.717, 1.165) is 42.1 Å². The van der Waals surface area contributed by atoms with Gasteiger partial charge in [-0.05, 0) is 48.9 Å². The second-order valence-corrected chi connectivity index (χ2v) is 9.15. The lowest BCUT2D eigenvalue weighted by molar-refractivity contribution is 0.175. The number of carbonyl (C=O) groups excluding carboxylic acids is 1. The number of likely N-dealkylation sites (N-methyl/N-ethyl adjacent to an activating group) is 1. The van der Waals surface area contributed by atoms with Crippen LogP contribution in [0.2, 0.25) is 0 Å². The minimum Gasteiger partial charge on any atom is -0.398 e. The molecular weight excluding hydrogens is 551 g/mol. The van der Waals surface area contributed by atoms with Crippen LogP contribution in [0.1, 0.15) is 43.6 Å². The van der Waals surface area contributed by atoms with E-state index >= 15 is 0 Å². The van der Waals surface area contributed by atoms with Gasteiger partial charge in [-0.1, -0.05) is 37.3 Å². The number of nitrogens with two attached hydrogens (primary N) is 1. The van der Waals surface area contributed by atoms with E-state index in [0.29, 0.717) is 23.5 Å². The highest BCUT2D eigenvalue weighted by Crippen LogP contribution is 2.36. The van der Waals surface area contributed by atoms with Gasteiger partial charge in [-0.3, -0.25) is 10.4 Å². The molecule has 5 rings (SSSR count). The highest BCUT2D eigenvalue weighted by atomic mass is 127. The molecule has 1 fully saturated rings. The maximum Gasteiger partial charge on any atom is 0.322 e. The number of aryl methyl sites for hydroxylation is 1. The van der Waals surface area contributed by atoms with Gasteiger partial charge in [0.05, 0.1) is 11.8 Å². The topological polar surface area (TPSA) is 98.3 Å². The number of hydrogen-bond donors (Lipinski definition) is 3. The van der Waals surface area contributed by atoms with Crippen molar-refractivity contribution in [2.45, 2.75) is 32.4 Å². The molecule has 2 amide bonds. The van der Waals surface area contributed by atoms with Gasteiger partial charge in [0, 0.05) is 62.8 Å². The van der Waals surface area contributed by atoms with Crippen molar-refractivity contribution in [2.24, 2.45) is 0 Å². The van der Waals surface area contributed by atoms with Crippen molar-refractivity contribution in [3.63, 3.8) is 0 Å². The first-order valence-electron chi connectivity index (χ1n) is 11.7. The summed E-state index contributed by atoms with van der Waals surface area (Å²) >= 11 is 0. The summed E-state index contributed by atoms with van der Waals surface area (Å²) in [5.41, 5.74) is 12.4. The molecule has 186 valence electrons. The first kappa shape index (κ1) is 25.1. The fourth-order valence-electron chi connectivity index (χ4n) is 5.16. The number of amides is 2. The zero-order valence-corrected chi connectivity index (χ0v) is 22.3. The number of pyridine rings is 1. The third-order valence-electron chi connectivity index (χ3n) is 7.01. The fourth-order valence-corrected chi connectivity index (χ4v) is 5.16. The molecule has 0 spiro atoms. The number of anilines is 2. The number of likely N-dealkylation sites (tertiary alicyclic amines) is 1. The summed E-state index contributed by atoms with van der Waals surface area (Å²) in [5, 5.41) is 11.8. The summed E-state index contributed by atoms with van der Waals surface area (Å²) in [6.45, 7) is 7.29. The van der Waals surface area contributed by atoms with Crippen LogP contribution in [-0.4, -0.2) is 52.2 Å². The summed E-state index contributed by atoms with van der Waals surface area (Å²) in [4.78, 5) is 21.8. The molecular formula is C27H35IN6O. The summed E-state index contributed by atoms with van der Waals surface area (Å²) in [5.74, 6) is 0.250. The number of hydrogen-bond acceptors (Lipinski definition) is 5. The van der Waals surface area contributed by atoms with Gasteiger partial charge in [-0.25, -0.2) is 4.79 Å². The molecule has 0 radical (unpaired) electrons. The Labute approximate surface area is 226 Å². The van der Waals surface area contributed by atoms with E-state index in [-0.39, 0.29) is 44.8 Å². The maximum absolute atomic E-state index is 13.2. The number of nitrogens with zero attached hydrogens (tertiary/aromatic N) is 3. The summed E-state index contributed by atoms with van der Waals surface area (Å²) in [6, 6.07) is 17.9. The van der Waals surface area contributed by atoms with Gasteiger partial charge >= 0.3 is 6.03 Å². The van der Waals surface area contributed by atoms with E-state index < -0.39 is 0 Å². The van der Waals surface area contributed by atoms with Crippen molar-refractivity contribution in [1.82, 2.24) is 14.8 Å². The molecule has 35 heavy (non-hydrogen) atoms. The molecule has 3 aromatic rings. The second kappa shape index (κ2) is 10.3. The van der Waals surface area contributed by atoms with Gasteiger partial charge in [-0.2, -0.15) is 0 Å². The number of aromatic nitrogens is 1. The SMILES string of the molecule is CCN1C[C@@H](N2Cc3cc(C(=N)c4ccnc(C)c4)c(N)cc3NC2=O)[C@H](c2ccccc2)C1.I.[HH].[HH]. The average Bonchev–Trinajstić information content (AvgIpc) is 3.28. The molecule has 2 atom stereocenters. The van der Waals surface area contributed by atoms with Crippen molar-refractivity contribution < 1.29 is 7.65 Å².